The number of aromatic nitrogens is 3. The van der Waals surface area contributed by atoms with Crippen molar-refractivity contribution in [2.75, 3.05) is 17.7 Å². The molecule has 3 heterocycles. The maximum atomic E-state index is 13.4. The third-order valence-electron chi connectivity index (χ3n) is 7.77. The summed E-state index contributed by atoms with van der Waals surface area (Å²) in [5, 5.41) is 12.5. The minimum atomic E-state index is -0.775. The molecule has 2 fully saturated rings. The molecular weight excluding hydrogens is 532 g/mol. The van der Waals surface area contributed by atoms with Gasteiger partial charge >= 0.3 is 0 Å². The number of allylic oxidation sites excluding steroid dienone is 1. The van der Waals surface area contributed by atoms with Gasteiger partial charge in [-0.25, -0.2) is 14.6 Å². The normalized spacial score (nSPS) is 16.7. The number of imidazole rings is 1. The first-order valence-electron chi connectivity index (χ1n) is 14.2. The average molecular weight is 567 g/mol. The fraction of sp³-hybridized carbons (Fsp3) is 0.355. The standard InChI is InChI=1S/C31H34N8O3/c1-19-14-15-35-25(17-19)36-30(41)22-12-10-21(11-13-22)26-27(28(33)40)39(34)29(37-26)24-7-4-16-38(24)31(42)23(18-32)6-3-2-5-20-8-9-20/h6,10-15,17,20,24H,2-5,7-9,16,34H2,1H3,(H2,33,40)(H,35,36,41)/b23-6+. The van der Waals surface area contributed by atoms with E-state index in [9.17, 15) is 19.6 Å². The van der Waals surface area contributed by atoms with Crippen LogP contribution in [0.3, 0.4) is 0 Å². The average Bonchev–Trinajstić information content (AvgIpc) is 3.55. The maximum absolute atomic E-state index is 13.4. The molecule has 1 aliphatic heterocycles. The fourth-order valence-electron chi connectivity index (χ4n) is 5.37. The van der Waals surface area contributed by atoms with Crippen LogP contribution in [0.2, 0.25) is 0 Å². The zero-order chi connectivity index (χ0) is 29.8. The van der Waals surface area contributed by atoms with Crippen LogP contribution in [0.25, 0.3) is 11.3 Å². The Kier molecular flexibility index (Phi) is 8.33. The number of nitrogens with one attached hydrogen (secondary N) is 1. The van der Waals surface area contributed by atoms with Crippen molar-refractivity contribution in [1.29, 1.82) is 5.26 Å². The molecule has 0 bridgehead atoms. The molecule has 1 atom stereocenters. The SMILES string of the molecule is Cc1ccnc(NC(=O)c2ccc(-c3nc(C4CCCN4C(=O)/C(C#N)=C/CCCC4CC4)n(N)c3C(N)=O)cc2)c1. The predicted molar refractivity (Wildman–Crippen MR) is 157 cm³/mol. The number of hydrogen-bond donors (Lipinski definition) is 3. The number of benzene rings is 1. The number of carbonyl (C=O) groups excluding carboxylic acids is 3. The summed E-state index contributed by atoms with van der Waals surface area (Å²) < 4.78 is 1.14. The van der Waals surface area contributed by atoms with Crippen molar-refractivity contribution >= 4 is 23.5 Å². The van der Waals surface area contributed by atoms with Crippen LogP contribution in [0.1, 0.15) is 83.2 Å². The molecule has 2 aromatic heterocycles. The first kappa shape index (κ1) is 28.5. The molecule has 0 radical (unpaired) electrons. The van der Waals surface area contributed by atoms with Crippen LogP contribution in [0, 0.1) is 24.2 Å². The van der Waals surface area contributed by atoms with Crippen molar-refractivity contribution in [2.24, 2.45) is 11.7 Å². The second-order valence-corrected chi connectivity index (χ2v) is 10.9. The number of nitrogens with two attached hydrogens (primary N) is 2. The summed E-state index contributed by atoms with van der Waals surface area (Å²) in [4.78, 5) is 49.1. The van der Waals surface area contributed by atoms with Gasteiger partial charge in [-0.15, -0.1) is 0 Å². The number of nitrogens with zero attached hydrogens (tertiary/aromatic N) is 5. The number of hydrogen-bond acceptors (Lipinski definition) is 7. The number of likely N-dealkylation sites (tertiary alicyclic amines) is 1. The third kappa shape index (κ3) is 6.17. The lowest BCUT2D eigenvalue weighted by Gasteiger charge is -2.24. The Morgan fingerprint density at radius 3 is 2.60 bits per heavy atom. The van der Waals surface area contributed by atoms with E-state index < -0.39 is 11.9 Å². The van der Waals surface area contributed by atoms with Crippen molar-refractivity contribution in [3.05, 3.63) is 76.9 Å². The molecule has 1 aliphatic carbocycles. The summed E-state index contributed by atoms with van der Waals surface area (Å²) in [6.45, 7) is 2.35. The number of aryl methyl sites for hydroxylation is 1. The molecule has 3 amide bonds. The van der Waals surface area contributed by atoms with Gasteiger partial charge < -0.3 is 21.8 Å². The van der Waals surface area contributed by atoms with Crippen LogP contribution in [-0.2, 0) is 4.79 Å². The number of nitriles is 1. The number of unbranched alkanes of at least 4 members (excludes halogenated alkanes) is 1. The van der Waals surface area contributed by atoms with Crippen LogP contribution in [-0.4, -0.2) is 43.8 Å². The molecule has 5 rings (SSSR count). The number of anilines is 1. The van der Waals surface area contributed by atoms with E-state index in [2.05, 4.69) is 21.4 Å². The van der Waals surface area contributed by atoms with E-state index in [0.29, 0.717) is 48.6 Å². The first-order chi connectivity index (χ1) is 20.3. The number of amides is 3. The van der Waals surface area contributed by atoms with E-state index in [0.717, 1.165) is 29.0 Å². The zero-order valence-electron chi connectivity index (χ0n) is 23.5. The van der Waals surface area contributed by atoms with Crippen LogP contribution < -0.4 is 16.9 Å². The molecule has 3 aromatic rings. The largest absolute Gasteiger partial charge is 0.364 e. The van der Waals surface area contributed by atoms with Gasteiger partial charge in [-0.05, 0) is 68.4 Å². The number of nitrogen functional groups attached to an aromatic ring is 1. The van der Waals surface area contributed by atoms with Gasteiger partial charge in [0, 0.05) is 23.9 Å². The predicted octanol–water partition coefficient (Wildman–Crippen LogP) is 4.01. The summed E-state index contributed by atoms with van der Waals surface area (Å²) in [5.74, 6) is 6.43. The van der Waals surface area contributed by atoms with Crippen molar-refractivity contribution < 1.29 is 14.4 Å². The molecule has 2 aliphatic rings. The molecule has 1 saturated carbocycles. The van der Waals surface area contributed by atoms with E-state index in [1.54, 1.807) is 47.5 Å². The van der Waals surface area contributed by atoms with Crippen LogP contribution in [0.5, 0.6) is 0 Å². The Hall–Kier alpha value is -4.98. The lowest BCUT2D eigenvalue weighted by molar-refractivity contribution is -0.127. The Bertz CT molecular complexity index is 1580. The molecular formula is C31H34N8O3. The van der Waals surface area contributed by atoms with Crippen molar-refractivity contribution in [3.63, 3.8) is 0 Å². The minimum Gasteiger partial charge on any atom is -0.364 e. The van der Waals surface area contributed by atoms with Crippen LogP contribution in [0.4, 0.5) is 5.82 Å². The number of rotatable bonds is 10. The highest BCUT2D eigenvalue weighted by Crippen LogP contribution is 2.36. The Balaban J connectivity index is 1.37. The Morgan fingerprint density at radius 1 is 1.17 bits per heavy atom. The zero-order valence-corrected chi connectivity index (χ0v) is 23.5. The highest BCUT2D eigenvalue weighted by atomic mass is 16.2. The number of pyridine rings is 1. The second-order valence-electron chi connectivity index (χ2n) is 10.9. The lowest BCUT2D eigenvalue weighted by Crippen LogP contribution is -2.34. The summed E-state index contributed by atoms with van der Waals surface area (Å²) in [6.07, 6.45) is 9.91. The highest BCUT2D eigenvalue weighted by Gasteiger charge is 2.36. The topological polar surface area (TPSA) is 173 Å². The molecule has 1 unspecified atom stereocenters. The molecule has 1 saturated heterocycles. The van der Waals surface area contributed by atoms with Crippen LogP contribution in [0.15, 0.2) is 54.2 Å². The molecule has 216 valence electrons. The van der Waals surface area contributed by atoms with Gasteiger partial charge in [0.15, 0.2) is 11.5 Å². The maximum Gasteiger partial charge on any atom is 0.269 e. The lowest BCUT2D eigenvalue weighted by atomic mass is 10.1. The van der Waals surface area contributed by atoms with Gasteiger partial charge in [0.2, 0.25) is 0 Å². The van der Waals surface area contributed by atoms with Gasteiger partial charge in [-0.1, -0.05) is 37.5 Å². The monoisotopic (exact) mass is 566 g/mol. The van der Waals surface area contributed by atoms with Gasteiger partial charge in [-0.2, -0.15) is 5.26 Å². The van der Waals surface area contributed by atoms with Crippen molar-refractivity contribution in [3.8, 4) is 17.3 Å². The van der Waals surface area contributed by atoms with E-state index >= 15 is 0 Å². The van der Waals surface area contributed by atoms with Gasteiger partial charge in [0.05, 0.1) is 6.04 Å². The Labute approximate surface area is 244 Å². The second kappa shape index (κ2) is 12.3. The number of carbonyl (C=O) groups is 3. The van der Waals surface area contributed by atoms with Crippen LogP contribution >= 0.6 is 0 Å². The molecule has 1 aromatic carbocycles. The molecule has 5 N–H and O–H groups in total. The van der Waals surface area contributed by atoms with E-state index in [1.807, 2.05) is 13.0 Å². The van der Waals surface area contributed by atoms with Crippen molar-refractivity contribution in [1.82, 2.24) is 19.5 Å². The van der Waals surface area contributed by atoms with E-state index in [-0.39, 0.29) is 28.8 Å². The smallest absolute Gasteiger partial charge is 0.269 e. The van der Waals surface area contributed by atoms with Gasteiger partial charge in [0.25, 0.3) is 17.7 Å². The fourth-order valence-corrected chi connectivity index (χ4v) is 5.37. The van der Waals surface area contributed by atoms with Gasteiger partial charge in [0.1, 0.15) is 23.2 Å². The summed E-state index contributed by atoms with van der Waals surface area (Å²) in [6, 6.07) is 11.7. The van der Waals surface area contributed by atoms with Gasteiger partial charge in [-0.3, -0.25) is 14.4 Å². The quantitative estimate of drug-likeness (QED) is 0.144. The minimum absolute atomic E-state index is 0.0124. The molecule has 11 heteroatoms. The Morgan fingerprint density at radius 2 is 1.93 bits per heavy atom. The van der Waals surface area contributed by atoms with Crippen molar-refractivity contribution in [2.45, 2.75) is 57.9 Å². The van der Waals surface area contributed by atoms with E-state index in [4.69, 9.17) is 11.6 Å². The summed E-state index contributed by atoms with van der Waals surface area (Å²) in [7, 11) is 0. The summed E-state index contributed by atoms with van der Waals surface area (Å²) >= 11 is 0. The number of primary amides is 1. The highest BCUT2D eigenvalue weighted by molar-refractivity contribution is 6.04. The molecule has 11 nitrogen and oxygen atoms in total. The molecule has 0 spiro atoms. The third-order valence-corrected chi connectivity index (χ3v) is 7.77. The first-order valence-corrected chi connectivity index (χ1v) is 14.2. The van der Waals surface area contributed by atoms with E-state index in [1.165, 1.54) is 12.8 Å². The summed E-state index contributed by atoms with van der Waals surface area (Å²) in [5.41, 5.74) is 7.95. The molecule has 42 heavy (non-hydrogen) atoms.